The molecule has 1 N–H and O–H groups in total. The molecule has 6 nitrogen and oxygen atoms in total. The maximum atomic E-state index is 13.4. The fraction of sp³-hybridized carbons (Fsp3) is 0.725. The van der Waals surface area contributed by atoms with Crippen LogP contribution in [0.3, 0.4) is 0 Å². The summed E-state index contributed by atoms with van der Waals surface area (Å²) in [5, 5.41) is 9.68. The summed E-state index contributed by atoms with van der Waals surface area (Å²) in [6, 6.07) is 6.37. The molecule has 5 saturated carbocycles. The number of hydrogen-bond donors (Lipinski definition) is 1. The minimum Gasteiger partial charge on any atom is -0.478 e. The number of carbonyl (C=O) groups excluding carboxylic acids is 2. The SMILES string of the molecule is C=C(C)[C@@H]1CC[C@]2(COC(=O)c3ccccc3C(=O)O)CC[C@]3(C)[C@H](CC[C@@H]4[C@@]5(C)CC[C@H](OC(C)=O)C(C)(C)[C@@H]5CC[C@]43C)[C@@H]12. The van der Waals surface area contributed by atoms with Crippen molar-refractivity contribution in [2.24, 2.45) is 56.7 Å². The Kier molecular flexibility index (Phi) is 8.12. The summed E-state index contributed by atoms with van der Waals surface area (Å²) in [5.41, 5.74) is 1.74. The van der Waals surface area contributed by atoms with E-state index in [1.165, 1.54) is 30.9 Å². The lowest BCUT2D eigenvalue weighted by atomic mass is 9.32. The third-order valence-corrected chi connectivity index (χ3v) is 15.4. The van der Waals surface area contributed by atoms with Gasteiger partial charge in [0.15, 0.2) is 0 Å². The molecule has 46 heavy (non-hydrogen) atoms. The highest BCUT2D eigenvalue weighted by Crippen LogP contribution is 2.77. The Morgan fingerprint density at radius 2 is 1.52 bits per heavy atom. The van der Waals surface area contributed by atoms with Crippen LogP contribution in [0.5, 0.6) is 0 Å². The topological polar surface area (TPSA) is 89.9 Å². The lowest BCUT2D eigenvalue weighted by Crippen LogP contribution is -2.67. The molecule has 0 spiro atoms. The molecule has 0 saturated heterocycles. The molecule has 5 fully saturated rings. The molecule has 1 aromatic rings. The summed E-state index contributed by atoms with van der Waals surface area (Å²) in [5.74, 6) is 0.625. The van der Waals surface area contributed by atoms with E-state index >= 15 is 0 Å². The summed E-state index contributed by atoms with van der Waals surface area (Å²) >= 11 is 0. The highest BCUT2D eigenvalue weighted by Gasteiger charge is 2.71. The van der Waals surface area contributed by atoms with Crippen LogP contribution in [0.1, 0.15) is 133 Å². The lowest BCUT2D eigenvalue weighted by molar-refractivity contribution is -0.251. The Bertz CT molecular complexity index is 1430. The third kappa shape index (κ3) is 4.73. The molecule has 10 atom stereocenters. The molecule has 6 heteroatoms. The average Bonchev–Trinajstić information content (AvgIpc) is 3.38. The van der Waals surface area contributed by atoms with Crippen LogP contribution < -0.4 is 0 Å². The van der Waals surface area contributed by atoms with Crippen molar-refractivity contribution < 1.29 is 29.0 Å². The van der Waals surface area contributed by atoms with Crippen molar-refractivity contribution in [1.29, 1.82) is 0 Å². The van der Waals surface area contributed by atoms with Gasteiger partial charge in [-0.25, -0.2) is 9.59 Å². The first kappa shape index (κ1) is 33.3. The van der Waals surface area contributed by atoms with E-state index in [1.54, 1.807) is 25.1 Å². The molecule has 5 aliphatic rings. The second kappa shape index (κ2) is 11.2. The van der Waals surface area contributed by atoms with Crippen molar-refractivity contribution in [1.82, 2.24) is 0 Å². The maximum Gasteiger partial charge on any atom is 0.339 e. The monoisotopic (exact) mass is 632 g/mol. The van der Waals surface area contributed by atoms with Crippen molar-refractivity contribution in [2.75, 3.05) is 6.61 Å². The van der Waals surface area contributed by atoms with Crippen LogP contribution in [0.25, 0.3) is 0 Å². The zero-order valence-corrected chi connectivity index (χ0v) is 29.2. The number of hydrogen-bond acceptors (Lipinski definition) is 5. The van der Waals surface area contributed by atoms with Crippen LogP contribution in [0.4, 0.5) is 0 Å². The van der Waals surface area contributed by atoms with E-state index in [0.29, 0.717) is 36.2 Å². The molecule has 5 aliphatic carbocycles. The van der Waals surface area contributed by atoms with Crippen molar-refractivity contribution >= 4 is 17.9 Å². The van der Waals surface area contributed by atoms with Gasteiger partial charge in [0.2, 0.25) is 0 Å². The minimum atomic E-state index is -1.11. The molecule has 0 amide bonds. The van der Waals surface area contributed by atoms with Gasteiger partial charge in [-0.1, -0.05) is 58.9 Å². The Morgan fingerprint density at radius 1 is 0.826 bits per heavy atom. The van der Waals surface area contributed by atoms with Crippen LogP contribution in [0.15, 0.2) is 36.4 Å². The zero-order valence-electron chi connectivity index (χ0n) is 29.2. The number of carbonyl (C=O) groups is 3. The minimum absolute atomic E-state index is 0.00980. The van der Waals surface area contributed by atoms with Gasteiger partial charge in [0.25, 0.3) is 0 Å². The van der Waals surface area contributed by atoms with E-state index in [9.17, 15) is 19.5 Å². The number of aromatic carboxylic acids is 1. The third-order valence-electron chi connectivity index (χ3n) is 15.4. The van der Waals surface area contributed by atoms with E-state index in [1.807, 2.05) is 0 Å². The number of esters is 2. The molecule has 0 unspecified atom stereocenters. The fourth-order valence-corrected chi connectivity index (χ4v) is 13.1. The summed E-state index contributed by atoms with van der Waals surface area (Å²) in [4.78, 5) is 37.2. The second-order valence-corrected chi connectivity index (χ2v) is 17.4. The first-order valence-electron chi connectivity index (χ1n) is 17.8. The van der Waals surface area contributed by atoms with Gasteiger partial charge in [0, 0.05) is 17.8 Å². The number of benzene rings is 1. The van der Waals surface area contributed by atoms with Crippen LogP contribution in [-0.2, 0) is 14.3 Å². The summed E-state index contributed by atoms with van der Waals surface area (Å²) in [7, 11) is 0. The van der Waals surface area contributed by atoms with E-state index in [-0.39, 0.29) is 50.3 Å². The van der Waals surface area contributed by atoms with Gasteiger partial charge in [-0.05, 0) is 129 Å². The van der Waals surface area contributed by atoms with Gasteiger partial charge >= 0.3 is 17.9 Å². The van der Waals surface area contributed by atoms with Gasteiger partial charge in [-0.15, -0.1) is 0 Å². The standard InChI is InChI=1S/C40H56O6/c1-24(2)26-15-20-40(23-45-35(44)28-12-10-9-11-27(28)34(42)43)22-21-38(7)29(33(26)40)13-14-31-37(6)18-17-32(46-25(3)41)36(4,5)30(37)16-19-39(31,38)8/h9-12,26,29-33H,1,13-23H2,2-8H3,(H,42,43)/t26-,29+,30-,31+,32-,33+,37-,38+,39+,40+/m0/s1. The fourth-order valence-electron chi connectivity index (χ4n) is 13.1. The maximum absolute atomic E-state index is 13.4. The largest absolute Gasteiger partial charge is 0.478 e. The normalized spacial score (nSPS) is 42.4. The smallest absolute Gasteiger partial charge is 0.339 e. The van der Waals surface area contributed by atoms with Gasteiger partial charge in [0.1, 0.15) is 6.10 Å². The summed E-state index contributed by atoms with van der Waals surface area (Å²) in [6.07, 6.45) is 11.0. The molecule has 0 bridgehead atoms. The van der Waals surface area contributed by atoms with E-state index in [2.05, 4.69) is 48.1 Å². The van der Waals surface area contributed by atoms with E-state index in [4.69, 9.17) is 9.47 Å². The second-order valence-electron chi connectivity index (χ2n) is 17.4. The average molecular weight is 633 g/mol. The number of carboxylic acids is 1. The Hall–Kier alpha value is -2.63. The first-order chi connectivity index (χ1) is 21.5. The first-order valence-corrected chi connectivity index (χ1v) is 17.8. The Balaban J connectivity index is 1.30. The van der Waals surface area contributed by atoms with E-state index < -0.39 is 11.9 Å². The predicted molar refractivity (Wildman–Crippen MR) is 178 cm³/mol. The van der Waals surface area contributed by atoms with Crippen LogP contribution in [0, 0.1) is 56.7 Å². The predicted octanol–water partition coefficient (Wildman–Crippen LogP) is 9.13. The van der Waals surface area contributed by atoms with Crippen molar-refractivity contribution in [3.05, 3.63) is 47.5 Å². The number of ether oxygens (including phenoxy) is 2. The van der Waals surface area contributed by atoms with Crippen molar-refractivity contribution in [2.45, 2.75) is 119 Å². The zero-order chi connectivity index (χ0) is 33.4. The number of rotatable bonds is 6. The molecule has 6 rings (SSSR count). The van der Waals surface area contributed by atoms with Gasteiger partial charge in [0.05, 0.1) is 17.7 Å². The number of allylic oxidation sites excluding steroid dienone is 1. The lowest BCUT2D eigenvalue weighted by Gasteiger charge is -2.73. The van der Waals surface area contributed by atoms with E-state index in [0.717, 1.165) is 44.9 Å². The molecule has 0 radical (unpaired) electrons. The quantitative estimate of drug-likeness (QED) is 0.249. The molecule has 0 aliphatic heterocycles. The molecule has 252 valence electrons. The van der Waals surface area contributed by atoms with Crippen molar-refractivity contribution in [3.63, 3.8) is 0 Å². The highest BCUT2D eigenvalue weighted by molar-refractivity contribution is 6.02. The molecule has 0 heterocycles. The Labute approximate surface area is 276 Å². The van der Waals surface area contributed by atoms with Crippen LogP contribution in [-0.4, -0.2) is 35.7 Å². The molecular weight excluding hydrogens is 576 g/mol. The van der Waals surface area contributed by atoms with Gasteiger partial charge < -0.3 is 14.6 Å². The summed E-state index contributed by atoms with van der Waals surface area (Å²) < 4.78 is 12.0. The van der Waals surface area contributed by atoms with Gasteiger partial charge in [-0.2, -0.15) is 0 Å². The van der Waals surface area contributed by atoms with Gasteiger partial charge in [-0.3, -0.25) is 4.79 Å². The molecule has 1 aromatic carbocycles. The summed E-state index contributed by atoms with van der Waals surface area (Å²) in [6.45, 7) is 21.1. The molecular formula is C40H56O6. The van der Waals surface area contributed by atoms with Crippen molar-refractivity contribution in [3.8, 4) is 0 Å². The Morgan fingerprint density at radius 3 is 2.17 bits per heavy atom. The highest BCUT2D eigenvalue weighted by atomic mass is 16.5. The van der Waals surface area contributed by atoms with Crippen LogP contribution >= 0.6 is 0 Å². The number of fused-ring (bicyclic) bond motifs is 7. The molecule has 0 aromatic heterocycles. The van der Waals surface area contributed by atoms with Crippen LogP contribution in [0.2, 0.25) is 0 Å². The number of carboxylic acid groups (broad SMARTS) is 1.